The molecule has 1 aromatic heterocycles. The number of benzene rings is 1. The molecule has 7 nitrogen and oxygen atoms in total. The fraction of sp³-hybridized carbons (Fsp3) is 0.333. The van der Waals surface area contributed by atoms with E-state index in [1.807, 2.05) is 11.6 Å². The molecule has 1 heterocycles. The van der Waals surface area contributed by atoms with E-state index >= 15 is 0 Å². The van der Waals surface area contributed by atoms with Gasteiger partial charge in [-0.15, -0.1) is 11.3 Å². The number of thiophene rings is 1. The normalized spacial score (nSPS) is 13.6. The van der Waals surface area contributed by atoms with Gasteiger partial charge in [-0.2, -0.15) is 0 Å². The number of carbonyl (C=O) groups is 2. The molecule has 0 radical (unpaired) electrons. The quantitative estimate of drug-likeness (QED) is 0.757. The van der Waals surface area contributed by atoms with Crippen LogP contribution in [-0.2, 0) is 27.6 Å². The van der Waals surface area contributed by atoms with E-state index in [4.69, 9.17) is 4.74 Å². The fourth-order valence-electron chi connectivity index (χ4n) is 3.00. The molecule has 0 saturated heterocycles. The van der Waals surface area contributed by atoms with Gasteiger partial charge in [0.1, 0.15) is 5.00 Å². The third-order valence-electron chi connectivity index (χ3n) is 4.35. The van der Waals surface area contributed by atoms with E-state index in [1.165, 1.54) is 30.6 Å². The fourth-order valence-corrected chi connectivity index (χ4v) is 5.18. The number of hydrogen-bond donors (Lipinski definition) is 2. The number of carbonyl (C=O) groups excluding carboxylic acids is 2. The first-order valence-electron chi connectivity index (χ1n) is 8.45. The van der Waals surface area contributed by atoms with Crippen LogP contribution < -0.4 is 10.0 Å². The molecule has 3 rings (SSSR count). The number of esters is 1. The second kappa shape index (κ2) is 7.69. The molecular formula is C18H20N2O5S2. The summed E-state index contributed by atoms with van der Waals surface area (Å²) in [6, 6.07) is 5.23. The molecule has 144 valence electrons. The van der Waals surface area contributed by atoms with Gasteiger partial charge in [-0.1, -0.05) is 17.7 Å². The third kappa shape index (κ3) is 4.14. The second-order valence-electron chi connectivity index (χ2n) is 6.28. The van der Waals surface area contributed by atoms with Crippen LogP contribution in [0.15, 0.2) is 29.2 Å². The topological polar surface area (TPSA) is 102 Å². The average molecular weight is 409 g/mol. The molecule has 27 heavy (non-hydrogen) atoms. The molecule has 2 N–H and O–H groups in total. The zero-order valence-electron chi connectivity index (χ0n) is 15.0. The molecule has 0 fully saturated rings. The molecule has 0 unspecified atom stereocenters. The van der Waals surface area contributed by atoms with Crippen molar-refractivity contribution >= 4 is 38.4 Å². The van der Waals surface area contributed by atoms with E-state index < -0.39 is 22.0 Å². The number of amides is 2. The molecule has 2 amide bonds. The minimum absolute atomic E-state index is 0.0121. The van der Waals surface area contributed by atoms with Crippen molar-refractivity contribution in [3.63, 3.8) is 0 Å². The lowest BCUT2D eigenvalue weighted by Crippen LogP contribution is -2.34. The van der Waals surface area contributed by atoms with Crippen LogP contribution in [0.2, 0.25) is 0 Å². The van der Waals surface area contributed by atoms with E-state index in [0.29, 0.717) is 10.6 Å². The van der Waals surface area contributed by atoms with E-state index in [9.17, 15) is 18.0 Å². The number of ether oxygens (including phenoxy) is 1. The van der Waals surface area contributed by atoms with Crippen LogP contribution in [0.1, 0.15) is 39.2 Å². The van der Waals surface area contributed by atoms with Crippen molar-refractivity contribution in [1.82, 2.24) is 4.72 Å². The summed E-state index contributed by atoms with van der Waals surface area (Å²) in [5, 5.41) is 2.82. The number of rotatable bonds is 4. The number of fused-ring (bicyclic) bond motifs is 1. The number of aryl methyl sites for hydroxylation is 2. The number of hydrogen-bond acceptors (Lipinski definition) is 6. The summed E-state index contributed by atoms with van der Waals surface area (Å²) in [6.07, 6.45) is 3.54. The highest BCUT2D eigenvalue weighted by Crippen LogP contribution is 2.38. The average Bonchev–Trinajstić information content (AvgIpc) is 2.98. The van der Waals surface area contributed by atoms with Gasteiger partial charge in [0.15, 0.2) is 0 Å². The van der Waals surface area contributed by atoms with Crippen LogP contribution in [0.4, 0.5) is 9.80 Å². The molecule has 9 heteroatoms. The smallest absolute Gasteiger partial charge is 0.341 e. The Hall–Kier alpha value is -2.39. The van der Waals surface area contributed by atoms with E-state index in [1.54, 1.807) is 12.1 Å². The molecule has 0 saturated carbocycles. The zero-order chi connectivity index (χ0) is 19.6. The van der Waals surface area contributed by atoms with Crippen LogP contribution in [0.5, 0.6) is 0 Å². The SMILES string of the molecule is COC(=O)c1c(NC(=O)NS(=O)(=O)c2ccc(C)cc2)sc2c1CCCC2. The van der Waals surface area contributed by atoms with E-state index in [-0.39, 0.29) is 4.90 Å². The lowest BCUT2D eigenvalue weighted by Gasteiger charge is -2.12. The van der Waals surface area contributed by atoms with Crippen LogP contribution in [-0.4, -0.2) is 27.5 Å². The maximum absolute atomic E-state index is 12.4. The molecule has 0 aliphatic heterocycles. The highest BCUT2D eigenvalue weighted by Gasteiger charge is 2.27. The standard InChI is InChI=1S/C18H20N2O5S2/c1-11-7-9-12(10-8-11)27(23,24)20-18(22)19-16-15(17(21)25-2)13-5-3-4-6-14(13)26-16/h7-10H,3-6H2,1-2H3,(H2,19,20,22). The minimum Gasteiger partial charge on any atom is -0.465 e. The molecular weight excluding hydrogens is 388 g/mol. The number of urea groups is 1. The largest absolute Gasteiger partial charge is 0.465 e. The highest BCUT2D eigenvalue weighted by atomic mass is 32.2. The Bertz CT molecular complexity index is 978. The maximum Gasteiger partial charge on any atom is 0.341 e. The number of anilines is 1. The first kappa shape index (κ1) is 19.4. The molecule has 2 aromatic rings. The second-order valence-corrected chi connectivity index (χ2v) is 9.07. The van der Waals surface area contributed by atoms with Gasteiger partial charge in [-0.05, 0) is 50.3 Å². The number of methoxy groups -OCH3 is 1. The van der Waals surface area contributed by atoms with Gasteiger partial charge in [-0.3, -0.25) is 5.32 Å². The summed E-state index contributed by atoms with van der Waals surface area (Å²) in [7, 11) is -2.73. The Morgan fingerprint density at radius 3 is 2.44 bits per heavy atom. The van der Waals surface area contributed by atoms with E-state index in [2.05, 4.69) is 5.32 Å². The van der Waals surface area contributed by atoms with Gasteiger partial charge in [-0.25, -0.2) is 22.7 Å². The van der Waals surface area contributed by atoms with E-state index in [0.717, 1.165) is 41.7 Å². The minimum atomic E-state index is -4.01. The molecule has 0 atom stereocenters. The van der Waals surface area contributed by atoms with Crippen molar-refractivity contribution in [2.75, 3.05) is 12.4 Å². The zero-order valence-corrected chi connectivity index (χ0v) is 16.6. The molecule has 1 aliphatic rings. The number of nitrogens with one attached hydrogen (secondary N) is 2. The highest BCUT2D eigenvalue weighted by molar-refractivity contribution is 7.90. The molecule has 0 bridgehead atoms. The van der Waals surface area contributed by atoms with Gasteiger partial charge in [0.2, 0.25) is 0 Å². The summed E-state index contributed by atoms with van der Waals surface area (Å²) in [4.78, 5) is 25.5. The van der Waals surface area contributed by atoms with Crippen molar-refractivity contribution in [2.24, 2.45) is 0 Å². The molecule has 1 aliphatic carbocycles. The van der Waals surface area contributed by atoms with Gasteiger partial charge >= 0.3 is 12.0 Å². The van der Waals surface area contributed by atoms with Crippen molar-refractivity contribution in [3.05, 3.63) is 45.8 Å². The monoisotopic (exact) mass is 408 g/mol. The summed E-state index contributed by atoms with van der Waals surface area (Å²) in [5.74, 6) is -0.536. The third-order valence-corrected chi connectivity index (χ3v) is 6.90. The van der Waals surface area contributed by atoms with Crippen LogP contribution >= 0.6 is 11.3 Å². The van der Waals surface area contributed by atoms with Crippen molar-refractivity contribution in [2.45, 2.75) is 37.5 Å². The van der Waals surface area contributed by atoms with Gasteiger partial charge in [0.25, 0.3) is 10.0 Å². The summed E-state index contributed by atoms with van der Waals surface area (Å²) < 4.78 is 31.5. The van der Waals surface area contributed by atoms with Gasteiger partial charge < -0.3 is 4.74 Å². The Morgan fingerprint density at radius 1 is 1.11 bits per heavy atom. The van der Waals surface area contributed by atoms with Crippen LogP contribution in [0.25, 0.3) is 0 Å². The van der Waals surface area contributed by atoms with Crippen LogP contribution in [0.3, 0.4) is 0 Å². The Labute approximate surface area is 161 Å². The predicted molar refractivity (Wildman–Crippen MR) is 103 cm³/mol. The molecule has 1 aromatic carbocycles. The van der Waals surface area contributed by atoms with Crippen molar-refractivity contribution in [3.8, 4) is 0 Å². The first-order valence-corrected chi connectivity index (χ1v) is 10.7. The Kier molecular flexibility index (Phi) is 5.52. The Balaban J connectivity index is 1.83. The van der Waals surface area contributed by atoms with Gasteiger partial charge in [0.05, 0.1) is 17.6 Å². The van der Waals surface area contributed by atoms with Crippen molar-refractivity contribution < 1.29 is 22.7 Å². The molecule has 0 spiro atoms. The summed E-state index contributed by atoms with van der Waals surface area (Å²) >= 11 is 1.29. The van der Waals surface area contributed by atoms with Crippen molar-refractivity contribution in [1.29, 1.82) is 0 Å². The lowest BCUT2D eigenvalue weighted by atomic mass is 9.95. The summed E-state index contributed by atoms with van der Waals surface area (Å²) in [5.41, 5.74) is 2.11. The lowest BCUT2D eigenvalue weighted by molar-refractivity contribution is 0.0601. The maximum atomic E-state index is 12.4. The number of sulfonamides is 1. The predicted octanol–water partition coefficient (Wildman–Crippen LogP) is 3.23. The van der Waals surface area contributed by atoms with Gasteiger partial charge in [0, 0.05) is 4.88 Å². The Morgan fingerprint density at radius 2 is 1.78 bits per heavy atom. The van der Waals surface area contributed by atoms with Crippen LogP contribution in [0, 0.1) is 6.92 Å². The summed E-state index contributed by atoms with van der Waals surface area (Å²) in [6.45, 7) is 1.84. The first-order chi connectivity index (χ1) is 12.8.